The molecule has 192 valence electrons. The van der Waals surface area contributed by atoms with Crippen LogP contribution in [0.2, 0.25) is 0 Å². The van der Waals surface area contributed by atoms with E-state index in [1.54, 1.807) is 17.0 Å². The van der Waals surface area contributed by atoms with Gasteiger partial charge in [-0.15, -0.1) is 6.58 Å². The highest BCUT2D eigenvalue weighted by atomic mass is 19.4. The Labute approximate surface area is 211 Å². The van der Waals surface area contributed by atoms with Gasteiger partial charge in [0, 0.05) is 30.7 Å². The number of amides is 2. The zero-order valence-electron chi connectivity index (χ0n) is 21.3. The van der Waals surface area contributed by atoms with Crippen molar-refractivity contribution in [1.82, 2.24) is 9.47 Å². The van der Waals surface area contributed by atoms with E-state index >= 15 is 0 Å². The second-order valence-electron chi connectivity index (χ2n) is 9.55. The molecular weight excluding hydrogens is 463 g/mol. The summed E-state index contributed by atoms with van der Waals surface area (Å²) in [4.78, 5) is 15.1. The van der Waals surface area contributed by atoms with Crippen LogP contribution in [0.5, 0.6) is 0 Å². The van der Waals surface area contributed by atoms with Gasteiger partial charge in [0.25, 0.3) is 0 Å². The van der Waals surface area contributed by atoms with E-state index in [-0.39, 0.29) is 31.0 Å². The number of hydrogen-bond donors (Lipinski definition) is 1. The smallest absolute Gasteiger partial charge is 0.345 e. The van der Waals surface area contributed by atoms with Crippen molar-refractivity contribution < 1.29 is 18.0 Å². The maximum absolute atomic E-state index is 13.4. The Morgan fingerprint density at radius 3 is 2.25 bits per heavy atom. The van der Waals surface area contributed by atoms with E-state index in [1.165, 1.54) is 6.07 Å². The molecule has 0 saturated heterocycles. The molecule has 0 saturated carbocycles. The summed E-state index contributed by atoms with van der Waals surface area (Å²) in [6.45, 7) is 13.0. The molecule has 0 spiro atoms. The van der Waals surface area contributed by atoms with Gasteiger partial charge >= 0.3 is 12.2 Å². The zero-order valence-corrected chi connectivity index (χ0v) is 21.3. The summed E-state index contributed by atoms with van der Waals surface area (Å²) in [7, 11) is 0. The highest BCUT2D eigenvalue weighted by molar-refractivity contribution is 5.91. The molecule has 36 heavy (non-hydrogen) atoms. The van der Waals surface area contributed by atoms with E-state index in [9.17, 15) is 18.0 Å². The summed E-state index contributed by atoms with van der Waals surface area (Å²) >= 11 is 0. The minimum Gasteiger partial charge on any atom is -0.345 e. The van der Waals surface area contributed by atoms with Crippen molar-refractivity contribution in [2.45, 2.75) is 58.8 Å². The number of nitrogens with one attached hydrogen (secondary N) is 1. The lowest BCUT2D eigenvalue weighted by atomic mass is 9.93. The Balaban J connectivity index is 1.84. The first-order chi connectivity index (χ1) is 17.0. The monoisotopic (exact) mass is 497 g/mol. The highest BCUT2D eigenvalue weighted by Gasteiger charge is 2.30. The number of anilines is 1. The number of benzene rings is 2. The minimum atomic E-state index is -4.39. The third-order valence-corrected chi connectivity index (χ3v) is 6.13. The van der Waals surface area contributed by atoms with Crippen molar-refractivity contribution in [1.29, 1.82) is 0 Å². The average Bonchev–Trinajstić information content (AvgIpc) is 3.24. The van der Waals surface area contributed by atoms with Gasteiger partial charge in [0.1, 0.15) is 0 Å². The van der Waals surface area contributed by atoms with Crippen LogP contribution in [-0.2, 0) is 19.3 Å². The number of carbonyl (C=O) groups excluding carboxylic acids is 1. The van der Waals surface area contributed by atoms with Gasteiger partial charge in [0.2, 0.25) is 0 Å². The van der Waals surface area contributed by atoms with Gasteiger partial charge in [-0.3, -0.25) is 0 Å². The number of nitrogens with zero attached hydrogens (tertiary/aromatic N) is 2. The lowest BCUT2D eigenvalue weighted by Crippen LogP contribution is -2.36. The molecule has 4 nitrogen and oxygen atoms in total. The average molecular weight is 498 g/mol. The molecule has 0 aliphatic rings. The normalized spacial score (nSPS) is 11.7. The molecule has 3 rings (SSSR count). The Hall–Kier alpha value is -3.48. The third-order valence-electron chi connectivity index (χ3n) is 6.13. The van der Waals surface area contributed by atoms with Crippen LogP contribution in [0.25, 0.3) is 0 Å². The first-order valence-electron chi connectivity index (χ1n) is 12.1. The van der Waals surface area contributed by atoms with Crippen molar-refractivity contribution >= 4 is 11.7 Å². The fraction of sp³-hybridized carbons (Fsp3) is 0.345. The first-order valence-corrected chi connectivity index (χ1v) is 12.1. The Kier molecular flexibility index (Phi) is 8.66. The lowest BCUT2D eigenvalue weighted by Gasteiger charge is -2.26. The van der Waals surface area contributed by atoms with E-state index < -0.39 is 11.7 Å². The van der Waals surface area contributed by atoms with Crippen LogP contribution in [0, 0.1) is 0 Å². The van der Waals surface area contributed by atoms with E-state index in [1.807, 2.05) is 41.1 Å². The number of alkyl halides is 3. The SMILES string of the molecule is C=CCN(Cc1cccn1Cc1cccc(C(F)(F)F)c1)C(=O)Nc1c(C(C)C)cccc1C(C)C. The van der Waals surface area contributed by atoms with Crippen LogP contribution in [0.1, 0.15) is 67.5 Å². The van der Waals surface area contributed by atoms with Crippen molar-refractivity contribution in [3.63, 3.8) is 0 Å². The van der Waals surface area contributed by atoms with Gasteiger partial charge in [-0.2, -0.15) is 13.2 Å². The molecule has 0 radical (unpaired) electrons. The molecule has 1 heterocycles. The standard InChI is InChI=1S/C29H34F3N3O/c1-6-15-35(28(36)33-27-25(20(2)3)13-8-14-26(27)21(4)5)19-24-12-9-16-34(24)18-22-10-7-11-23(17-22)29(30,31)32/h6-14,16-17,20-21H,1,15,18-19H2,2-5H3,(H,33,36). The van der Waals surface area contributed by atoms with Crippen molar-refractivity contribution in [3.05, 3.63) is 101 Å². The number of para-hydroxylation sites is 1. The fourth-order valence-corrected chi connectivity index (χ4v) is 4.24. The summed E-state index contributed by atoms with van der Waals surface area (Å²) in [6, 6.07) is 14.8. The second kappa shape index (κ2) is 11.5. The van der Waals surface area contributed by atoms with Gasteiger partial charge in [-0.1, -0.05) is 64.1 Å². The van der Waals surface area contributed by atoms with Crippen LogP contribution >= 0.6 is 0 Å². The van der Waals surface area contributed by atoms with Crippen LogP contribution in [0.4, 0.5) is 23.7 Å². The van der Waals surface area contributed by atoms with E-state index in [0.29, 0.717) is 12.1 Å². The zero-order chi connectivity index (χ0) is 26.5. The molecule has 7 heteroatoms. The van der Waals surface area contributed by atoms with Gasteiger partial charge < -0.3 is 14.8 Å². The molecule has 0 atom stereocenters. The molecule has 0 aliphatic heterocycles. The van der Waals surface area contributed by atoms with E-state index in [2.05, 4.69) is 39.6 Å². The van der Waals surface area contributed by atoms with Gasteiger partial charge in [0.05, 0.1) is 12.1 Å². The lowest BCUT2D eigenvalue weighted by molar-refractivity contribution is -0.137. The van der Waals surface area contributed by atoms with Crippen molar-refractivity contribution in [3.8, 4) is 0 Å². The predicted molar refractivity (Wildman–Crippen MR) is 139 cm³/mol. The molecule has 0 aliphatic carbocycles. The topological polar surface area (TPSA) is 37.3 Å². The van der Waals surface area contributed by atoms with Crippen LogP contribution in [0.15, 0.2) is 73.4 Å². The van der Waals surface area contributed by atoms with Gasteiger partial charge in [0.15, 0.2) is 0 Å². The maximum Gasteiger partial charge on any atom is 0.416 e. The summed E-state index contributed by atoms with van der Waals surface area (Å²) in [5.41, 5.74) is 3.65. The second-order valence-corrected chi connectivity index (χ2v) is 9.55. The third kappa shape index (κ3) is 6.59. The number of rotatable bonds is 9. The molecule has 1 aromatic heterocycles. The summed E-state index contributed by atoms with van der Waals surface area (Å²) in [5, 5.41) is 3.14. The molecule has 0 bridgehead atoms. The summed E-state index contributed by atoms with van der Waals surface area (Å²) in [5.74, 6) is 0.466. The molecular formula is C29H34F3N3O. The van der Waals surface area contributed by atoms with E-state index in [0.717, 1.165) is 34.6 Å². The molecule has 2 aromatic carbocycles. The Morgan fingerprint density at radius 2 is 1.67 bits per heavy atom. The summed E-state index contributed by atoms with van der Waals surface area (Å²) in [6.07, 6.45) is -0.919. The number of hydrogen-bond acceptors (Lipinski definition) is 1. The van der Waals surface area contributed by atoms with E-state index in [4.69, 9.17) is 0 Å². The molecule has 3 aromatic rings. The Morgan fingerprint density at radius 1 is 1.03 bits per heavy atom. The maximum atomic E-state index is 13.4. The largest absolute Gasteiger partial charge is 0.416 e. The molecule has 0 unspecified atom stereocenters. The van der Waals surface area contributed by atoms with Gasteiger partial charge in [-0.05, 0) is 52.8 Å². The van der Waals surface area contributed by atoms with Crippen molar-refractivity contribution in [2.24, 2.45) is 0 Å². The van der Waals surface area contributed by atoms with Crippen molar-refractivity contribution in [2.75, 3.05) is 11.9 Å². The fourth-order valence-electron chi connectivity index (χ4n) is 4.24. The highest BCUT2D eigenvalue weighted by Crippen LogP contribution is 2.33. The quantitative estimate of drug-likeness (QED) is 0.299. The molecule has 0 fully saturated rings. The Bertz CT molecular complexity index is 1170. The number of halogens is 3. The van der Waals surface area contributed by atoms with Gasteiger partial charge in [-0.25, -0.2) is 4.79 Å². The first kappa shape index (κ1) is 27.1. The number of urea groups is 1. The molecule has 1 N–H and O–H groups in total. The molecule has 2 amide bonds. The predicted octanol–water partition coefficient (Wildman–Crippen LogP) is 8.02. The number of carbonyl (C=O) groups is 1. The number of aromatic nitrogens is 1. The van der Waals surface area contributed by atoms with Crippen LogP contribution in [0.3, 0.4) is 0 Å². The minimum absolute atomic E-state index is 0.233. The summed E-state index contributed by atoms with van der Waals surface area (Å²) < 4.78 is 41.3. The van der Waals surface area contributed by atoms with Crippen LogP contribution < -0.4 is 5.32 Å². The van der Waals surface area contributed by atoms with Crippen LogP contribution in [-0.4, -0.2) is 22.0 Å².